The minimum Gasteiger partial charge on any atom is -0.317 e. The van der Waals surface area contributed by atoms with Crippen molar-refractivity contribution in [3.05, 3.63) is 0 Å². The van der Waals surface area contributed by atoms with Crippen LogP contribution in [0.15, 0.2) is 0 Å². The van der Waals surface area contributed by atoms with Crippen molar-refractivity contribution in [2.75, 3.05) is 13.1 Å². The number of carbonyl (C=O) groups is 1. The predicted octanol–water partition coefficient (Wildman–Crippen LogP) is 2.38. The molecule has 0 aliphatic carbocycles. The SMILES string of the molecule is CCC1(C(=O)CC(C)C)CCNCC1. The first kappa shape index (κ1) is 11.7. The number of nitrogens with one attached hydrogen (secondary N) is 1. The lowest BCUT2D eigenvalue weighted by Crippen LogP contribution is -2.42. The second-order valence-corrected chi connectivity index (χ2v) is 4.91. The average Bonchev–Trinajstić information content (AvgIpc) is 2.18. The van der Waals surface area contributed by atoms with Gasteiger partial charge in [-0.2, -0.15) is 0 Å². The van der Waals surface area contributed by atoms with Crippen LogP contribution in [0, 0.1) is 11.3 Å². The molecule has 0 amide bonds. The van der Waals surface area contributed by atoms with E-state index in [1.807, 2.05) is 0 Å². The third-order valence-corrected chi connectivity index (χ3v) is 3.42. The van der Waals surface area contributed by atoms with Crippen molar-refractivity contribution < 1.29 is 4.79 Å². The summed E-state index contributed by atoms with van der Waals surface area (Å²) in [6.07, 6.45) is 3.85. The third kappa shape index (κ3) is 2.57. The molecule has 82 valence electrons. The van der Waals surface area contributed by atoms with Gasteiger partial charge in [-0.1, -0.05) is 20.8 Å². The maximum absolute atomic E-state index is 12.1. The van der Waals surface area contributed by atoms with Gasteiger partial charge in [0.1, 0.15) is 5.78 Å². The molecule has 0 saturated carbocycles. The van der Waals surface area contributed by atoms with E-state index in [0.717, 1.165) is 38.8 Å². The lowest BCUT2D eigenvalue weighted by atomic mass is 9.71. The van der Waals surface area contributed by atoms with Crippen molar-refractivity contribution in [1.29, 1.82) is 0 Å². The highest BCUT2D eigenvalue weighted by Gasteiger charge is 2.36. The minimum absolute atomic E-state index is 0.00944. The van der Waals surface area contributed by atoms with Gasteiger partial charge in [0.2, 0.25) is 0 Å². The van der Waals surface area contributed by atoms with Crippen LogP contribution in [0.5, 0.6) is 0 Å². The quantitative estimate of drug-likeness (QED) is 0.749. The molecule has 1 N–H and O–H groups in total. The molecule has 1 rings (SSSR count). The molecule has 1 aliphatic rings. The van der Waals surface area contributed by atoms with Gasteiger partial charge in [0.05, 0.1) is 0 Å². The van der Waals surface area contributed by atoms with Crippen molar-refractivity contribution in [1.82, 2.24) is 5.32 Å². The van der Waals surface area contributed by atoms with Crippen LogP contribution in [0.4, 0.5) is 0 Å². The fourth-order valence-corrected chi connectivity index (χ4v) is 2.32. The summed E-state index contributed by atoms with van der Waals surface area (Å²) in [6, 6.07) is 0. The van der Waals surface area contributed by atoms with Crippen LogP contribution in [0.2, 0.25) is 0 Å². The number of ketones is 1. The fraction of sp³-hybridized carbons (Fsp3) is 0.917. The summed E-state index contributed by atoms with van der Waals surface area (Å²) in [7, 11) is 0. The second kappa shape index (κ2) is 4.92. The zero-order valence-electron chi connectivity index (χ0n) is 9.73. The molecule has 0 aromatic carbocycles. The Morgan fingerprint density at radius 2 is 1.93 bits per heavy atom. The molecule has 1 fully saturated rings. The van der Waals surface area contributed by atoms with Gasteiger partial charge in [-0.25, -0.2) is 0 Å². The summed E-state index contributed by atoms with van der Waals surface area (Å²) in [6.45, 7) is 8.43. The molecule has 0 atom stereocenters. The van der Waals surface area contributed by atoms with Crippen molar-refractivity contribution in [2.45, 2.75) is 46.5 Å². The van der Waals surface area contributed by atoms with E-state index in [9.17, 15) is 4.79 Å². The first-order valence-corrected chi connectivity index (χ1v) is 5.85. The summed E-state index contributed by atoms with van der Waals surface area (Å²) in [5, 5.41) is 3.33. The van der Waals surface area contributed by atoms with Gasteiger partial charge in [-0.05, 0) is 38.3 Å². The Labute approximate surface area is 87.5 Å². The van der Waals surface area contributed by atoms with Gasteiger partial charge < -0.3 is 5.32 Å². The Kier molecular flexibility index (Phi) is 4.11. The number of hydrogen-bond donors (Lipinski definition) is 1. The lowest BCUT2D eigenvalue weighted by Gasteiger charge is -2.36. The largest absolute Gasteiger partial charge is 0.317 e. The summed E-state index contributed by atoms with van der Waals surface area (Å²) in [5.74, 6) is 0.998. The normalized spacial score (nSPS) is 21.1. The highest BCUT2D eigenvalue weighted by Crippen LogP contribution is 2.35. The minimum atomic E-state index is 0.00944. The maximum atomic E-state index is 12.1. The van der Waals surface area contributed by atoms with Crippen molar-refractivity contribution in [2.24, 2.45) is 11.3 Å². The molecule has 0 bridgehead atoms. The molecule has 2 nitrogen and oxygen atoms in total. The molecule has 0 aromatic heterocycles. The number of carbonyl (C=O) groups excluding carboxylic acids is 1. The summed E-state index contributed by atoms with van der Waals surface area (Å²) in [4.78, 5) is 12.1. The predicted molar refractivity (Wildman–Crippen MR) is 59.3 cm³/mol. The van der Waals surface area contributed by atoms with E-state index in [1.165, 1.54) is 0 Å². The monoisotopic (exact) mass is 197 g/mol. The van der Waals surface area contributed by atoms with Crippen LogP contribution in [0.25, 0.3) is 0 Å². The number of piperidine rings is 1. The number of rotatable bonds is 4. The average molecular weight is 197 g/mol. The molecule has 2 heteroatoms. The number of hydrogen-bond acceptors (Lipinski definition) is 2. The van der Waals surface area contributed by atoms with E-state index < -0.39 is 0 Å². The Morgan fingerprint density at radius 1 is 1.36 bits per heavy atom. The molecule has 1 aliphatic heterocycles. The van der Waals surface area contributed by atoms with Crippen LogP contribution in [0.1, 0.15) is 46.5 Å². The molecule has 0 unspecified atom stereocenters. The lowest BCUT2D eigenvalue weighted by molar-refractivity contribution is -0.131. The van der Waals surface area contributed by atoms with Gasteiger partial charge >= 0.3 is 0 Å². The van der Waals surface area contributed by atoms with Crippen LogP contribution in [0.3, 0.4) is 0 Å². The summed E-state index contributed by atoms with van der Waals surface area (Å²) in [5.41, 5.74) is 0.00944. The van der Waals surface area contributed by atoms with Gasteiger partial charge in [0.25, 0.3) is 0 Å². The smallest absolute Gasteiger partial charge is 0.139 e. The first-order valence-electron chi connectivity index (χ1n) is 5.85. The summed E-state index contributed by atoms with van der Waals surface area (Å²) < 4.78 is 0. The Hall–Kier alpha value is -0.370. The standard InChI is InChI=1S/C12H23NO/c1-4-12(5-7-13-8-6-12)11(14)9-10(2)3/h10,13H,4-9H2,1-3H3. The molecular weight excluding hydrogens is 174 g/mol. The second-order valence-electron chi connectivity index (χ2n) is 4.91. The van der Waals surface area contributed by atoms with Crippen molar-refractivity contribution in [3.8, 4) is 0 Å². The summed E-state index contributed by atoms with van der Waals surface area (Å²) >= 11 is 0. The molecule has 0 radical (unpaired) electrons. The topological polar surface area (TPSA) is 29.1 Å². The first-order chi connectivity index (χ1) is 6.60. The molecule has 0 spiro atoms. The Morgan fingerprint density at radius 3 is 2.36 bits per heavy atom. The highest BCUT2D eigenvalue weighted by molar-refractivity contribution is 5.85. The zero-order valence-corrected chi connectivity index (χ0v) is 9.73. The van der Waals surface area contributed by atoms with Gasteiger partial charge in [-0.3, -0.25) is 4.79 Å². The fourth-order valence-electron chi connectivity index (χ4n) is 2.32. The zero-order chi connectivity index (χ0) is 10.6. The van der Waals surface area contributed by atoms with Crippen LogP contribution >= 0.6 is 0 Å². The molecule has 0 aromatic rings. The van der Waals surface area contributed by atoms with Gasteiger partial charge in [-0.15, -0.1) is 0 Å². The van der Waals surface area contributed by atoms with E-state index in [2.05, 4.69) is 26.1 Å². The van der Waals surface area contributed by atoms with E-state index in [0.29, 0.717) is 11.7 Å². The number of Topliss-reactive ketones (excluding diaryl/α,β-unsaturated/α-hetero) is 1. The Bertz CT molecular complexity index is 192. The van der Waals surface area contributed by atoms with E-state index in [4.69, 9.17) is 0 Å². The highest BCUT2D eigenvalue weighted by atomic mass is 16.1. The van der Waals surface area contributed by atoms with E-state index in [-0.39, 0.29) is 5.41 Å². The van der Waals surface area contributed by atoms with Crippen molar-refractivity contribution in [3.63, 3.8) is 0 Å². The van der Waals surface area contributed by atoms with E-state index in [1.54, 1.807) is 0 Å². The van der Waals surface area contributed by atoms with Crippen LogP contribution < -0.4 is 5.32 Å². The van der Waals surface area contributed by atoms with Gasteiger partial charge in [0.15, 0.2) is 0 Å². The molecule has 1 heterocycles. The van der Waals surface area contributed by atoms with Gasteiger partial charge in [0, 0.05) is 11.8 Å². The van der Waals surface area contributed by atoms with E-state index >= 15 is 0 Å². The van der Waals surface area contributed by atoms with Crippen LogP contribution in [-0.2, 0) is 4.79 Å². The molecule has 14 heavy (non-hydrogen) atoms. The van der Waals surface area contributed by atoms with Crippen molar-refractivity contribution >= 4 is 5.78 Å². The molecule has 1 saturated heterocycles. The Balaban J connectivity index is 2.62. The maximum Gasteiger partial charge on any atom is 0.139 e. The molecular formula is C12H23NO. The third-order valence-electron chi connectivity index (χ3n) is 3.42. The van der Waals surface area contributed by atoms with Crippen LogP contribution in [-0.4, -0.2) is 18.9 Å².